The van der Waals surface area contributed by atoms with Crippen molar-refractivity contribution >= 4 is 0 Å². The van der Waals surface area contributed by atoms with Gasteiger partial charge in [-0.1, -0.05) is 77.9 Å². The summed E-state index contributed by atoms with van der Waals surface area (Å²) in [5.41, 5.74) is 5.57. The van der Waals surface area contributed by atoms with Gasteiger partial charge >= 0.3 is 0 Å². The van der Waals surface area contributed by atoms with Crippen molar-refractivity contribution in [3.8, 4) is 17.2 Å². The molecule has 0 atom stereocenters. The molecule has 1 heteroatoms. The Balaban J connectivity index is 2.54. The third kappa shape index (κ3) is 3.39. The maximum absolute atomic E-state index is 9.49. The highest BCUT2D eigenvalue weighted by Crippen LogP contribution is 2.31. The average Bonchev–Trinajstić information content (AvgIpc) is 2.45. The zero-order valence-electron chi connectivity index (χ0n) is 14.5. The molecule has 2 aromatic rings. The number of nitriles is 1. The summed E-state index contributed by atoms with van der Waals surface area (Å²) in [6.07, 6.45) is 0. The van der Waals surface area contributed by atoms with Crippen LogP contribution in [-0.4, -0.2) is 0 Å². The van der Waals surface area contributed by atoms with Crippen LogP contribution in [0.4, 0.5) is 0 Å². The number of benzene rings is 2. The van der Waals surface area contributed by atoms with Crippen molar-refractivity contribution in [3.63, 3.8) is 0 Å². The zero-order valence-corrected chi connectivity index (χ0v) is 14.5. The molecule has 0 unspecified atom stereocenters. The molecule has 0 spiro atoms. The first-order valence-electron chi connectivity index (χ1n) is 7.78. The van der Waals surface area contributed by atoms with Gasteiger partial charge in [-0.15, -0.1) is 0 Å². The summed E-state index contributed by atoms with van der Waals surface area (Å²) >= 11 is 0. The highest BCUT2D eigenvalue weighted by atomic mass is 14.3. The second kappa shape index (κ2) is 5.61. The van der Waals surface area contributed by atoms with E-state index >= 15 is 0 Å². The molecule has 0 bridgehead atoms. The third-order valence-electron chi connectivity index (χ3n) is 4.01. The Morgan fingerprint density at radius 1 is 0.773 bits per heavy atom. The van der Waals surface area contributed by atoms with Crippen molar-refractivity contribution in [1.82, 2.24) is 0 Å². The lowest BCUT2D eigenvalue weighted by Gasteiger charge is -2.22. The van der Waals surface area contributed by atoms with E-state index in [9.17, 15) is 5.26 Å². The van der Waals surface area contributed by atoms with Crippen LogP contribution in [0.15, 0.2) is 42.5 Å². The summed E-state index contributed by atoms with van der Waals surface area (Å²) in [4.78, 5) is 0. The summed E-state index contributed by atoms with van der Waals surface area (Å²) < 4.78 is 0. The number of hydrogen-bond acceptors (Lipinski definition) is 1. The zero-order chi connectivity index (χ0) is 16.5. The van der Waals surface area contributed by atoms with E-state index < -0.39 is 0 Å². The van der Waals surface area contributed by atoms with E-state index in [0.29, 0.717) is 0 Å². The van der Waals surface area contributed by atoms with Gasteiger partial charge in [0.2, 0.25) is 0 Å². The summed E-state index contributed by atoms with van der Waals surface area (Å²) in [6.45, 7) is 13.1. The molecule has 0 heterocycles. The molecule has 0 N–H and O–H groups in total. The summed E-state index contributed by atoms with van der Waals surface area (Å²) in [7, 11) is 0. The van der Waals surface area contributed by atoms with Crippen LogP contribution in [0.2, 0.25) is 0 Å². The minimum absolute atomic E-state index is 0.0170. The molecule has 1 nitrogen and oxygen atoms in total. The van der Waals surface area contributed by atoms with Crippen molar-refractivity contribution in [2.45, 2.75) is 52.4 Å². The van der Waals surface area contributed by atoms with Gasteiger partial charge in [0.25, 0.3) is 0 Å². The lowest BCUT2D eigenvalue weighted by molar-refractivity contribution is 0.588. The fraction of sp³-hybridized carbons (Fsp3) is 0.381. The molecule has 0 aliphatic carbocycles. The Kier molecular flexibility index (Phi) is 4.16. The van der Waals surface area contributed by atoms with Crippen LogP contribution in [0.25, 0.3) is 11.1 Å². The van der Waals surface area contributed by atoms with Crippen LogP contribution in [-0.2, 0) is 10.8 Å². The molecule has 0 radical (unpaired) electrons. The van der Waals surface area contributed by atoms with Crippen LogP contribution in [0.1, 0.15) is 58.2 Å². The minimum atomic E-state index is -0.0170. The van der Waals surface area contributed by atoms with Gasteiger partial charge in [-0.25, -0.2) is 0 Å². The van der Waals surface area contributed by atoms with Gasteiger partial charge < -0.3 is 0 Å². The van der Waals surface area contributed by atoms with Crippen molar-refractivity contribution in [1.29, 1.82) is 5.26 Å². The van der Waals surface area contributed by atoms with Crippen LogP contribution >= 0.6 is 0 Å². The normalized spacial score (nSPS) is 12.0. The van der Waals surface area contributed by atoms with E-state index in [2.05, 4.69) is 84.0 Å². The van der Waals surface area contributed by atoms with Crippen molar-refractivity contribution < 1.29 is 0 Å². The largest absolute Gasteiger partial charge is 0.192 e. The molecular formula is C21H25N. The molecule has 0 saturated carbocycles. The monoisotopic (exact) mass is 291 g/mol. The first kappa shape index (κ1) is 16.3. The molecular weight excluding hydrogens is 266 g/mol. The summed E-state index contributed by atoms with van der Waals surface area (Å²) in [5.74, 6) is 0. The Morgan fingerprint density at radius 2 is 1.41 bits per heavy atom. The first-order valence-corrected chi connectivity index (χ1v) is 7.78. The predicted octanol–water partition coefficient (Wildman–Crippen LogP) is 5.82. The summed E-state index contributed by atoms with van der Waals surface area (Å²) in [6, 6.07) is 17.2. The van der Waals surface area contributed by atoms with Crippen molar-refractivity contribution in [2.75, 3.05) is 0 Å². The average molecular weight is 291 g/mol. The van der Waals surface area contributed by atoms with E-state index in [0.717, 1.165) is 16.7 Å². The van der Waals surface area contributed by atoms with E-state index in [1.165, 1.54) is 11.1 Å². The van der Waals surface area contributed by atoms with Gasteiger partial charge in [-0.2, -0.15) is 5.26 Å². The lowest BCUT2D eigenvalue weighted by Crippen LogP contribution is -2.13. The van der Waals surface area contributed by atoms with Gasteiger partial charge in [0.15, 0.2) is 0 Å². The first-order chi connectivity index (χ1) is 10.1. The molecule has 22 heavy (non-hydrogen) atoms. The fourth-order valence-corrected chi connectivity index (χ4v) is 2.64. The lowest BCUT2D eigenvalue weighted by atomic mass is 9.82. The SMILES string of the molecule is CC(C)(C)c1cccc(-c2ccc(C(C)(C)C)c(C#N)c2)c1. The molecule has 114 valence electrons. The molecule has 0 aromatic heterocycles. The Morgan fingerprint density at radius 3 is 1.95 bits per heavy atom. The van der Waals surface area contributed by atoms with Crippen LogP contribution < -0.4 is 0 Å². The topological polar surface area (TPSA) is 23.8 Å². The van der Waals surface area contributed by atoms with Crippen LogP contribution in [0.3, 0.4) is 0 Å². The van der Waals surface area contributed by atoms with Crippen LogP contribution in [0.5, 0.6) is 0 Å². The van der Waals surface area contributed by atoms with E-state index in [-0.39, 0.29) is 10.8 Å². The molecule has 2 rings (SSSR count). The van der Waals surface area contributed by atoms with Gasteiger partial charge in [-0.05, 0) is 39.2 Å². The Bertz CT molecular complexity index is 719. The highest BCUT2D eigenvalue weighted by molar-refractivity contribution is 5.67. The molecule has 0 amide bonds. The number of nitrogens with zero attached hydrogens (tertiary/aromatic N) is 1. The predicted molar refractivity (Wildman–Crippen MR) is 94.0 cm³/mol. The Hall–Kier alpha value is -2.07. The Labute approximate surface area is 134 Å². The van der Waals surface area contributed by atoms with Gasteiger partial charge in [0.05, 0.1) is 11.6 Å². The quantitative estimate of drug-likeness (QED) is 0.649. The molecule has 0 saturated heterocycles. The van der Waals surface area contributed by atoms with E-state index in [1.807, 2.05) is 6.07 Å². The van der Waals surface area contributed by atoms with Gasteiger partial charge in [0, 0.05) is 0 Å². The fourth-order valence-electron chi connectivity index (χ4n) is 2.64. The maximum atomic E-state index is 9.49. The van der Waals surface area contributed by atoms with Crippen molar-refractivity contribution in [2.24, 2.45) is 0 Å². The van der Waals surface area contributed by atoms with Gasteiger partial charge in [-0.3, -0.25) is 0 Å². The highest BCUT2D eigenvalue weighted by Gasteiger charge is 2.19. The molecule has 0 aliphatic rings. The van der Waals surface area contributed by atoms with E-state index in [4.69, 9.17) is 0 Å². The van der Waals surface area contributed by atoms with Crippen molar-refractivity contribution in [3.05, 3.63) is 59.2 Å². The standard InChI is InChI=1S/C21H25N/c1-20(2,3)18-9-7-8-15(13-18)16-10-11-19(21(4,5)6)17(12-16)14-22/h7-13H,1-6H3. The number of hydrogen-bond donors (Lipinski definition) is 0. The molecule has 0 aliphatic heterocycles. The third-order valence-corrected chi connectivity index (χ3v) is 4.01. The molecule has 0 fully saturated rings. The van der Waals surface area contributed by atoms with Crippen LogP contribution in [0, 0.1) is 11.3 Å². The number of rotatable bonds is 1. The summed E-state index contributed by atoms with van der Waals surface area (Å²) in [5, 5.41) is 9.49. The second-order valence-electron chi connectivity index (χ2n) is 7.95. The maximum Gasteiger partial charge on any atom is 0.0994 e. The molecule has 2 aromatic carbocycles. The second-order valence-corrected chi connectivity index (χ2v) is 7.95. The van der Waals surface area contributed by atoms with E-state index in [1.54, 1.807) is 0 Å². The smallest absolute Gasteiger partial charge is 0.0994 e. The minimum Gasteiger partial charge on any atom is -0.192 e. The van der Waals surface area contributed by atoms with Gasteiger partial charge in [0.1, 0.15) is 0 Å².